The standard InChI is InChI=1S/C15H15FIN/c1-11(9-12-5-4-6-13(16)10-12)18-15-8-3-2-7-14(15)17/h2-8,10-11,18H,9H2,1H3. The van der Waals surface area contributed by atoms with Crippen molar-refractivity contribution in [1.82, 2.24) is 0 Å². The molecule has 0 aromatic heterocycles. The molecule has 2 rings (SSSR count). The van der Waals surface area contributed by atoms with Gasteiger partial charge in [-0.3, -0.25) is 0 Å². The van der Waals surface area contributed by atoms with Gasteiger partial charge in [0.1, 0.15) is 5.82 Å². The molecule has 0 aliphatic heterocycles. The van der Waals surface area contributed by atoms with Gasteiger partial charge in [0.25, 0.3) is 0 Å². The van der Waals surface area contributed by atoms with E-state index in [2.05, 4.69) is 47.0 Å². The van der Waals surface area contributed by atoms with Crippen LogP contribution in [-0.4, -0.2) is 6.04 Å². The molecule has 0 bridgehead atoms. The average molecular weight is 355 g/mol. The number of benzene rings is 2. The highest BCUT2D eigenvalue weighted by atomic mass is 127. The molecular formula is C15H15FIN. The van der Waals surface area contributed by atoms with Crippen LogP contribution in [0.1, 0.15) is 12.5 Å². The fraction of sp³-hybridized carbons (Fsp3) is 0.200. The molecular weight excluding hydrogens is 340 g/mol. The summed E-state index contributed by atoms with van der Waals surface area (Å²) in [6, 6.07) is 15.2. The highest BCUT2D eigenvalue weighted by molar-refractivity contribution is 14.1. The monoisotopic (exact) mass is 355 g/mol. The smallest absolute Gasteiger partial charge is 0.123 e. The Balaban J connectivity index is 2.01. The molecule has 0 saturated heterocycles. The zero-order valence-electron chi connectivity index (χ0n) is 10.2. The molecule has 0 heterocycles. The Bertz CT molecular complexity index is 527. The van der Waals surface area contributed by atoms with E-state index in [1.165, 1.54) is 9.64 Å². The van der Waals surface area contributed by atoms with Gasteiger partial charge in [-0.25, -0.2) is 4.39 Å². The van der Waals surface area contributed by atoms with Crippen molar-refractivity contribution in [2.24, 2.45) is 0 Å². The second-order valence-corrected chi connectivity index (χ2v) is 5.52. The van der Waals surface area contributed by atoms with Crippen LogP contribution in [-0.2, 0) is 6.42 Å². The lowest BCUT2D eigenvalue weighted by Gasteiger charge is -2.16. The van der Waals surface area contributed by atoms with Gasteiger partial charge in [0, 0.05) is 15.3 Å². The predicted octanol–water partition coefficient (Wildman–Crippen LogP) is 4.47. The molecule has 2 aromatic rings. The molecule has 94 valence electrons. The van der Waals surface area contributed by atoms with Gasteiger partial charge in [0.05, 0.1) is 0 Å². The Hall–Kier alpha value is -1.10. The summed E-state index contributed by atoms with van der Waals surface area (Å²) in [5.41, 5.74) is 2.14. The molecule has 1 nitrogen and oxygen atoms in total. The predicted molar refractivity (Wildman–Crippen MR) is 82.3 cm³/mol. The first kappa shape index (κ1) is 13.3. The highest BCUT2D eigenvalue weighted by Gasteiger charge is 2.06. The van der Waals surface area contributed by atoms with E-state index in [1.807, 2.05) is 18.2 Å². The minimum atomic E-state index is -0.172. The highest BCUT2D eigenvalue weighted by Crippen LogP contribution is 2.19. The van der Waals surface area contributed by atoms with E-state index in [1.54, 1.807) is 12.1 Å². The van der Waals surface area contributed by atoms with Crippen molar-refractivity contribution in [3.05, 3.63) is 63.5 Å². The first-order valence-corrected chi connectivity index (χ1v) is 6.98. The van der Waals surface area contributed by atoms with Gasteiger partial charge in [-0.1, -0.05) is 24.3 Å². The Morgan fingerprint density at radius 1 is 1.17 bits per heavy atom. The summed E-state index contributed by atoms with van der Waals surface area (Å²) in [4.78, 5) is 0. The largest absolute Gasteiger partial charge is 0.381 e. The van der Waals surface area contributed by atoms with E-state index in [0.29, 0.717) is 0 Å². The molecule has 1 N–H and O–H groups in total. The summed E-state index contributed by atoms with van der Waals surface area (Å²) in [5.74, 6) is -0.172. The van der Waals surface area contributed by atoms with Gasteiger partial charge in [0.2, 0.25) is 0 Å². The van der Waals surface area contributed by atoms with Crippen molar-refractivity contribution >= 4 is 28.3 Å². The maximum atomic E-state index is 13.1. The molecule has 0 saturated carbocycles. The van der Waals surface area contributed by atoms with Crippen molar-refractivity contribution < 1.29 is 4.39 Å². The van der Waals surface area contributed by atoms with Crippen LogP contribution >= 0.6 is 22.6 Å². The molecule has 18 heavy (non-hydrogen) atoms. The zero-order chi connectivity index (χ0) is 13.0. The van der Waals surface area contributed by atoms with E-state index in [4.69, 9.17) is 0 Å². The summed E-state index contributed by atoms with van der Waals surface area (Å²) in [5, 5.41) is 3.45. The first-order chi connectivity index (χ1) is 8.65. The fourth-order valence-corrected chi connectivity index (χ4v) is 2.46. The van der Waals surface area contributed by atoms with Crippen LogP contribution in [0, 0.1) is 9.39 Å². The van der Waals surface area contributed by atoms with Crippen LogP contribution in [0.25, 0.3) is 0 Å². The molecule has 0 aliphatic carbocycles. The van der Waals surface area contributed by atoms with Crippen LogP contribution in [0.2, 0.25) is 0 Å². The van der Waals surface area contributed by atoms with Crippen molar-refractivity contribution in [3.63, 3.8) is 0 Å². The molecule has 0 fully saturated rings. The van der Waals surface area contributed by atoms with E-state index in [9.17, 15) is 4.39 Å². The number of anilines is 1. The number of nitrogens with one attached hydrogen (secondary N) is 1. The van der Waals surface area contributed by atoms with Crippen LogP contribution < -0.4 is 5.32 Å². The van der Waals surface area contributed by atoms with Gasteiger partial charge in [-0.15, -0.1) is 0 Å². The molecule has 0 spiro atoms. The van der Waals surface area contributed by atoms with E-state index in [-0.39, 0.29) is 11.9 Å². The van der Waals surface area contributed by atoms with Crippen molar-refractivity contribution in [3.8, 4) is 0 Å². The third-order valence-corrected chi connectivity index (χ3v) is 3.65. The summed E-state index contributed by atoms with van der Waals surface area (Å²) < 4.78 is 14.3. The second-order valence-electron chi connectivity index (χ2n) is 4.36. The minimum absolute atomic E-state index is 0.172. The van der Waals surface area contributed by atoms with Gasteiger partial charge in [-0.2, -0.15) is 0 Å². The van der Waals surface area contributed by atoms with Gasteiger partial charge in [-0.05, 0) is 65.8 Å². The van der Waals surface area contributed by atoms with E-state index < -0.39 is 0 Å². The second kappa shape index (κ2) is 6.18. The van der Waals surface area contributed by atoms with E-state index in [0.717, 1.165) is 17.7 Å². The average Bonchev–Trinajstić information content (AvgIpc) is 2.32. The summed E-state index contributed by atoms with van der Waals surface area (Å²) in [6.45, 7) is 2.11. The lowest BCUT2D eigenvalue weighted by Crippen LogP contribution is -2.18. The normalized spacial score (nSPS) is 12.2. The number of hydrogen-bond donors (Lipinski definition) is 1. The quantitative estimate of drug-likeness (QED) is 0.798. The van der Waals surface area contributed by atoms with Crippen molar-refractivity contribution in [1.29, 1.82) is 0 Å². The maximum Gasteiger partial charge on any atom is 0.123 e. The molecule has 0 radical (unpaired) electrons. The van der Waals surface area contributed by atoms with Crippen LogP contribution in [0.3, 0.4) is 0 Å². The lowest BCUT2D eigenvalue weighted by atomic mass is 10.1. The van der Waals surface area contributed by atoms with Crippen LogP contribution in [0.5, 0.6) is 0 Å². The van der Waals surface area contributed by atoms with Gasteiger partial charge >= 0.3 is 0 Å². The van der Waals surface area contributed by atoms with Crippen molar-refractivity contribution in [2.45, 2.75) is 19.4 Å². The number of hydrogen-bond acceptors (Lipinski definition) is 1. The van der Waals surface area contributed by atoms with Crippen molar-refractivity contribution in [2.75, 3.05) is 5.32 Å². The Labute approximate surface area is 121 Å². The third kappa shape index (κ3) is 3.70. The Kier molecular flexibility index (Phi) is 4.58. The molecule has 1 unspecified atom stereocenters. The van der Waals surface area contributed by atoms with Gasteiger partial charge < -0.3 is 5.32 Å². The van der Waals surface area contributed by atoms with Crippen LogP contribution in [0.15, 0.2) is 48.5 Å². The Morgan fingerprint density at radius 2 is 1.94 bits per heavy atom. The molecule has 1 atom stereocenters. The summed E-state index contributed by atoms with van der Waals surface area (Å²) >= 11 is 2.31. The molecule has 0 amide bonds. The van der Waals surface area contributed by atoms with Gasteiger partial charge in [0.15, 0.2) is 0 Å². The molecule has 2 aromatic carbocycles. The zero-order valence-corrected chi connectivity index (χ0v) is 12.3. The number of rotatable bonds is 4. The summed E-state index contributed by atoms with van der Waals surface area (Å²) in [6.07, 6.45) is 0.808. The topological polar surface area (TPSA) is 12.0 Å². The Morgan fingerprint density at radius 3 is 2.67 bits per heavy atom. The number of halogens is 2. The maximum absolute atomic E-state index is 13.1. The minimum Gasteiger partial charge on any atom is -0.381 e. The fourth-order valence-electron chi connectivity index (χ4n) is 1.91. The number of para-hydroxylation sites is 1. The SMILES string of the molecule is CC(Cc1cccc(F)c1)Nc1ccccc1I. The summed E-state index contributed by atoms with van der Waals surface area (Å²) in [7, 11) is 0. The lowest BCUT2D eigenvalue weighted by molar-refractivity contribution is 0.624. The molecule has 0 aliphatic rings. The first-order valence-electron chi connectivity index (χ1n) is 5.90. The molecule has 3 heteroatoms. The third-order valence-electron chi connectivity index (χ3n) is 2.71. The van der Waals surface area contributed by atoms with E-state index >= 15 is 0 Å². The van der Waals surface area contributed by atoms with Crippen LogP contribution in [0.4, 0.5) is 10.1 Å².